The van der Waals surface area contributed by atoms with Crippen LogP contribution < -0.4 is 10.6 Å². The first kappa shape index (κ1) is 20.9. The zero-order valence-electron chi connectivity index (χ0n) is 14.8. The molecule has 0 aliphatic carbocycles. The minimum absolute atomic E-state index is 0. The number of rotatable bonds is 6. The summed E-state index contributed by atoms with van der Waals surface area (Å²) in [7, 11) is 1.81. The fourth-order valence-electron chi connectivity index (χ4n) is 2.37. The Labute approximate surface area is 166 Å². The highest BCUT2D eigenvalue weighted by Crippen LogP contribution is 2.15. The van der Waals surface area contributed by atoms with Crippen LogP contribution in [0, 0.1) is 13.8 Å². The topological polar surface area (TPSA) is 49.3 Å². The first-order valence-electron chi connectivity index (χ1n) is 8.01. The standard InChI is InChI=1S/C18H26N4S.HI/c1-13-6-5-7-16(10-13)14(2)11-22-18(19-4)20-9-8-17-21-12-15(3)23-17;/h5-7,10,12,14H,8-9,11H2,1-4H3,(H2,19,20,22);1H. The number of nitrogens with zero attached hydrogens (tertiary/aromatic N) is 2. The maximum Gasteiger partial charge on any atom is 0.191 e. The molecule has 0 amide bonds. The molecule has 1 aromatic carbocycles. The van der Waals surface area contributed by atoms with Crippen LogP contribution in [0.5, 0.6) is 0 Å². The Morgan fingerprint density at radius 1 is 1.29 bits per heavy atom. The van der Waals surface area contributed by atoms with E-state index >= 15 is 0 Å². The Kier molecular flexibility index (Phi) is 9.28. The molecule has 1 unspecified atom stereocenters. The van der Waals surface area contributed by atoms with Crippen molar-refractivity contribution < 1.29 is 0 Å². The molecule has 0 bridgehead atoms. The lowest BCUT2D eigenvalue weighted by Gasteiger charge is -2.16. The second-order valence-electron chi connectivity index (χ2n) is 5.81. The number of hydrogen-bond donors (Lipinski definition) is 2. The van der Waals surface area contributed by atoms with E-state index in [1.165, 1.54) is 21.0 Å². The molecule has 1 aromatic heterocycles. The van der Waals surface area contributed by atoms with Crippen molar-refractivity contribution >= 4 is 41.3 Å². The zero-order chi connectivity index (χ0) is 16.7. The smallest absolute Gasteiger partial charge is 0.191 e. The molecular weight excluding hydrogens is 431 g/mol. The van der Waals surface area contributed by atoms with Crippen LogP contribution >= 0.6 is 35.3 Å². The summed E-state index contributed by atoms with van der Waals surface area (Å²) >= 11 is 1.75. The second-order valence-corrected chi connectivity index (χ2v) is 7.13. The van der Waals surface area contributed by atoms with Crippen LogP contribution in [0.2, 0.25) is 0 Å². The number of aromatic nitrogens is 1. The number of nitrogens with one attached hydrogen (secondary N) is 2. The Hall–Kier alpha value is -1.15. The Morgan fingerprint density at radius 2 is 2.08 bits per heavy atom. The average Bonchev–Trinajstić information content (AvgIpc) is 2.95. The molecule has 1 heterocycles. The fraction of sp³-hybridized carbons (Fsp3) is 0.444. The number of thiazole rings is 1. The third kappa shape index (κ3) is 6.76. The lowest BCUT2D eigenvalue weighted by molar-refractivity contribution is 0.697. The van der Waals surface area contributed by atoms with Gasteiger partial charge in [0.25, 0.3) is 0 Å². The molecule has 24 heavy (non-hydrogen) atoms. The van der Waals surface area contributed by atoms with Gasteiger partial charge in [-0.05, 0) is 25.3 Å². The second kappa shape index (κ2) is 10.7. The van der Waals surface area contributed by atoms with Crippen molar-refractivity contribution in [2.24, 2.45) is 4.99 Å². The lowest BCUT2D eigenvalue weighted by Crippen LogP contribution is -2.39. The molecule has 0 aliphatic rings. The number of halogens is 1. The molecule has 0 fully saturated rings. The molecule has 132 valence electrons. The van der Waals surface area contributed by atoms with Crippen LogP contribution in [0.25, 0.3) is 0 Å². The van der Waals surface area contributed by atoms with Crippen molar-refractivity contribution in [2.75, 3.05) is 20.1 Å². The summed E-state index contributed by atoms with van der Waals surface area (Å²) in [4.78, 5) is 9.92. The summed E-state index contributed by atoms with van der Waals surface area (Å²) < 4.78 is 0. The summed E-state index contributed by atoms with van der Waals surface area (Å²) in [6.07, 6.45) is 2.85. The van der Waals surface area contributed by atoms with Crippen LogP contribution in [-0.2, 0) is 6.42 Å². The van der Waals surface area contributed by atoms with Crippen LogP contribution in [-0.4, -0.2) is 31.1 Å². The van der Waals surface area contributed by atoms with E-state index in [4.69, 9.17) is 0 Å². The van der Waals surface area contributed by atoms with Crippen molar-refractivity contribution in [1.29, 1.82) is 0 Å². The molecule has 2 aromatic rings. The molecule has 4 nitrogen and oxygen atoms in total. The van der Waals surface area contributed by atoms with Gasteiger partial charge >= 0.3 is 0 Å². The highest BCUT2D eigenvalue weighted by Gasteiger charge is 2.07. The lowest BCUT2D eigenvalue weighted by atomic mass is 9.99. The molecule has 2 N–H and O–H groups in total. The third-order valence-electron chi connectivity index (χ3n) is 3.71. The molecule has 0 saturated heterocycles. The predicted octanol–water partition coefficient (Wildman–Crippen LogP) is 3.89. The number of aryl methyl sites for hydroxylation is 2. The normalized spacial score (nSPS) is 12.4. The molecular formula is C18H27IN4S. The summed E-state index contributed by atoms with van der Waals surface area (Å²) in [6.45, 7) is 8.14. The Bertz CT molecular complexity index is 654. The van der Waals surface area contributed by atoms with Gasteiger partial charge in [0.15, 0.2) is 5.96 Å². The van der Waals surface area contributed by atoms with E-state index in [1.54, 1.807) is 18.4 Å². The van der Waals surface area contributed by atoms with Gasteiger partial charge in [0.1, 0.15) is 0 Å². The van der Waals surface area contributed by atoms with Crippen molar-refractivity contribution in [3.63, 3.8) is 0 Å². The Morgan fingerprint density at radius 3 is 2.71 bits per heavy atom. The fourth-order valence-corrected chi connectivity index (χ4v) is 3.16. The molecule has 0 saturated carbocycles. The van der Waals surface area contributed by atoms with Crippen LogP contribution in [0.1, 0.15) is 33.9 Å². The first-order chi connectivity index (χ1) is 11.1. The molecule has 1 atom stereocenters. The van der Waals surface area contributed by atoms with Crippen LogP contribution in [0.4, 0.5) is 0 Å². The van der Waals surface area contributed by atoms with E-state index in [9.17, 15) is 0 Å². The van der Waals surface area contributed by atoms with E-state index in [0.29, 0.717) is 5.92 Å². The first-order valence-corrected chi connectivity index (χ1v) is 8.82. The van der Waals surface area contributed by atoms with Gasteiger partial charge in [0.2, 0.25) is 0 Å². The van der Waals surface area contributed by atoms with Crippen molar-refractivity contribution in [1.82, 2.24) is 15.6 Å². The summed E-state index contributed by atoms with van der Waals surface area (Å²) in [5.41, 5.74) is 2.65. The van der Waals surface area contributed by atoms with Gasteiger partial charge in [-0.15, -0.1) is 35.3 Å². The monoisotopic (exact) mass is 458 g/mol. The van der Waals surface area contributed by atoms with Crippen molar-refractivity contribution in [3.05, 3.63) is 51.5 Å². The SMILES string of the molecule is CN=C(NCCc1ncc(C)s1)NCC(C)c1cccc(C)c1.I. The molecule has 0 spiro atoms. The van der Waals surface area contributed by atoms with E-state index in [2.05, 4.69) is 65.6 Å². The summed E-state index contributed by atoms with van der Waals surface area (Å²) in [5, 5.41) is 7.92. The van der Waals surface area contributed by atoms with Crippen LogP contribution in [0.3, 0.4) is 0 Å². The third-order valence-corrected chi connectivity index (χ3v) is 4.68. The van der Waals surface area contributed by atoms with Gasteiger partial charge in [0, 0.05) is 37.6 Å². The summed E-state index contributed by atoms with van der Waals surface area (Å²) in [6, 6.07) is 8.67. The minimum Gasteiger partial charge on any atom is -0.356 e. The number of hydrogen-bond acceptors (Lipinski definition) is 3. The Balaban J connectivity index is 0.00000288. The van der Waals surface area contributed by atoms with Gasteiger partial charge in [-0.3, -0.25) is 4.99 Å². The van der Waals surface area contributed by atoms with Gasteiger partial charge in [0.05, 0.1) is 5.01 Å². The van der Waals surface area contributed by atoms with E-state index in [-0.39, 0.29) is 24.0 Å². The quantitative estimate of drug-likeness (QED) is 0.393. The number of guanidine groups is 1. The van der Waals surface area contributed by atoms with E-state index in [1.807, 2.05) is 6.20 Å². The van der Waals surface area contributed by atoms with Crippen molar-refractivity contribution in [3.8, 4) is 0 Å². The van der Waals surface area contributed by atoms with Gasteiger partial charge in [-0.1, -0.05) is 36.8 Å². The highest BCUT2D eigenvalue weighted by molar-refractivity contribution is 14.0. The van der Waals surface area contributed by atoms with Crippen LogP contribution in [0.15, 0.2) is 35.5 Å². The summed E-state index contributed by atoms with van der Waals surface area (Å²) in [5.74, 6) is 1.29. The van der Waals surface area contributed by atoms with E-state index in [0.717, 1.165) is 25.5 Å². The molecule has 0 aliphatic heterocycles. The molecule has 6 heteroatoms. The van der Waals surface area contributed by atoms with E-state index < -0.39 is 0 Å². The van der Waals surface area contributed by atoms with Gasteiger partial charge in [-0.2, -0.15) is 0 Å². The maximum atomic E-state index is 4.38. The van der Waals surface area contributed by atoms with Gasteiger partial charge < -0.3 is 10.6 Å². The average molecular weight is 458 g/mol. The van der Waals surface area contributed by atoms with Gasteiger partial charge in [-0.25, -0.2) is 4.98 Å². The number of aliphatic imine (C=N–C) groups is 1. The predicted molar refractivity (Wildman–Crippen MR) is 115 cm³/mol. The number of benzene rings is 1. The van der Waals surface area contributed by atoms with Crippen molar-refractivity contribution in [2.45, 2.75) is 33.1 Å². The molecule has 0 radical (unpaired) electrons. The highest BCUT2D eigenvalue weighted by atomic mass is 127. The zero-order valence-corrected chi connectivity index (χ0v) is 17.9. The molecule has 2 rings (SSSR count). The maximum absolute atomic E-state index is 4.38. The largest absolute Gasteiger partial charge is 0.356 e. The minimum atomic E-state index is 0.